The van der Waals surface area contributed by atoms with Gasteiger partial charge >= 0.3 is 16.5 Å². The van der Waals surface area contributed by atoms with Crippen molar-refractivity contribution in [2.24, 2.45) is 0 Å². The van der Waals surface area contributed by atoms with Crippen molar-refractivity contribution < 1.29 is 25.3 Å². The molecule has 0 spiro atoms. The molecule has 0 rings (SSSR count). The predicted molar refractivity (Wildman–Crippen MR) is 34.5 cm³/mol. The second-order valence-electron chi connectivity index (χ2n) is 1.89. The fourth-order valence-electron chi connectivity index (χ4n) is 0.380. The maximum absolute atomic E-state index is 11.6. The van der Waals surface area contributed by atoms with E-state index in [0.29, 0.717) is 7.05 Å². The smallest absolute Gasteiger partial charge is 0.180 e. The lowest BCUT2D eigenvalue weighted by Gasteiger charge is -2.15. The molecule has 0 amide bonds. The number of hydrogen-bond donors (Lipinski definition) is 0. The van der Waals surface area contributed by atoms with Crippen LogP contribution in [0.25, 0.3) is 0 Å². The Balaban J connectivity index is 4.34. The molecule has 12 heavy (non-hydrogen) atoms. The van der Waals surface area contributed by atoms with Crippen molar-refractivity contribution in [2.45, 2.75) is 6.18 Å². The van der Waals surface area contributed by atoms with Gasteiger partial charge in [0.1, 0.15) is 6.54 Å². The van der Waals surface area contributed by atoms with Crippen molar-refractivity contribution in [1.29, 1.82) is 0 Å². The van der Waals surface area contributed by atoms with Crippen LogP contribution in [0.2, 0.25) is 0 Å². The van der Waals surface area contributed by atoms with Crippen molar-refractivity contribution in [2.75, 3.05) is 13.6 Å². The molecule has 0 N–H and O–H groups in total. The zero-order valence-corrected chi connectivity index (χ0v) is 7.37. The van der Waals surface area contributed by atoms with Crippen LogP contribution in [-0.4, -0.2) is 32.5 Å². The van der Waals surface area contributed by atoms with Crippen LogP contribution >= 0.6 is 11.9 Å². The second-order valence-corrected chi connectivity index (χ2v) is 3.87. The van der Waals surface area contributed by atoms with Crippen LogP contribution in [0.15, 0.2) is 0 Å². The number of rotatable bonds is 3. The Bertz CT molecular complexity index is 238. The first-order valence-electron chi connectivity index (χ1n) is 2.52. The summed E-state index contributed by atoms with van der Waals surface area (Å²) in [4.78, 5) is 0. The minimum Gasteiger partial charge on any atom is -0.180 e. The molecule has 0 aliphatic heterocycles. The van der Waals surface area contributed by atoms with Crippen molar-refractivity contribution in [3.63, 3.8) is 0 Å². The summed E-state index contributed by atoms with van der Waals surface area (Å²) in [5, 5.41) is 0. The standard InChI is InChI=1S/C3H5ClF3NO3S/c1-8(2-3(5,6)7)12(9,10)11-4/h2H2,1H3. The summed E-state index contributed by atoms with van der Waals surface area (Å²) >= 11 is 4.42. The van der Waals surface area contributed by atoms with Gasteiger partial charge in [0.15, 0.2) is 0 Å². The van der Waals surface area contributed by atoms with Crippen molar-refractivity contribution in [3.8, 4) is 0 Å². The topological polar surface area (TPSA) is 46.6 Å². The van der Waals surface area contributed by atoms with Gasteiger partial charge in [0.2, 0.25) is 0 Å². The molecule has 0 fully saturated rings. The Morgan fingerprint density at radius 3 is 2.17 bits per heavy atom. The molecule has 0 aromatic heterocycles. The molecule has 0 aromatic carbocycles. The van der Waals surface area contributed by atoms with E-state index in [4.69, 9.17) is 0 Å². The lowest BCUT2D eigenvalue weighted by Crippen LogP contribution is -2.35. The normalized spacial score (nSPS) is 13.8. The molecule has 0 heterocycles. The molecule has 0 unspecified atom stereocenters. The lowest BCUT2D eigenvalue weighted by molar-refractivity contribution is -0.134. The van der Waals surface area contributed by atoms with Crippen LogP contribution in [0.1, 0.15) is 0 Å². The monoisotopic (exact) mass is 227 g/mol. The van der Waals surface area contributed by atoms with E-state index in [1.807, 2.05) is 0 Å². The highest BCUT2D eigenvalue weighted by molar-refractivity contribution is 7.85. The molecule has 0 saturated heterocycles. The first kappa shape index (κ1) is 11.9. The third kappa shape index (κ3) is 4.10. The van der Waals surface area contributed by atoms with Gasteiger partial charge in [-0.25, -0.2) is 0 Å². The van der Waals surface area contributed by atoms with Crippen LogP contribution in [0, 0.1) is 0 Å². The Hall–Kier alpha value is -0.0500. The highest BCUT2D eigenvalue weighted by Crippen LogP contribution is 2.17. The van der Waals surface area contributed by atoms with Crippen molar-refractivity contribution >= 4 is 22.2 Å². The quantitative estimate of drug-likeness (QED) is 0.720. The number of halogens is 4. The van der Waals surface area contributed by atoms with E-state index in [1.165, 1.54) is 0 Å². The third-order valence-corrected chi connectivity index (χ3v) is 2.39. The average Bonchev–Trinajstić information content (AvgIpc) is 1.84. The van der Waals surface area contributed by atoms with E-state index in [2.05, 4.69) is 15.6 Å². The van der Waals surface area contributed by atoms with Gasteiger partial charge in [-0.05, 0) is 0 Å². The maximum atomic E-state index is 11.6. The van der Waals surface area contributed by atoms with Gasteiger partial charge in [-0.3, -0.25) is 0 Å². The highest BCUT2D eigenvalue weighted by atomic mass is 35.5. The summed E-state index contributed by atoms with van der Waals surface area (Å²) in [7, 11) is -3.75. The molecule has 0 aliphatic carbocycles. The van der Waals surface area contributed by atoms with Crippen molar-refractivity contribution in [3.05, 3.63) is 0 Å². The van der Waals surface area contributed by atoms with E-state index in [-0.39, 0.29) is 4.31 Å². The van der Waals surface area contributed by atoms with Crippen LogP contribution in [0.4, 0.5) is 13.2 Å². The molecule has 0 atom stereocenters. The Labute approximate surface area is 72.3 Å². The fourth-order valence-corrected chi connectivity index (χ4v) is 1.07. The minimum absolute atomic E-state index is 0.0556. The minimum atomic E-state index is -4.61. The molecule has 0 saturated carbocycles. The lowest BCUT2D eigenvalue weighted by atomic mass is 10.6. The van der Waals surface area contributed by atoms with Gasteiger partial charge in [0, 0.05) is 7.05 Å². The molecule has 0 aliphatic rings. The maximum Gasteiger partial charge on any atom is 0.402 e. The molecule has 74 valence electrons. The van der Waals surface area contributed by atoms with Gasteiger partial charge in [-0.15, -0.1) is 3.74 Å². The van der Waals surface area contributed by atoms with Gasteiger partial charge in [-0.2, -0.15) is 25.9 Å². The molecule has 0 aromatic rings. The Kier molecular flexibility index (Phi) is 3.76. The summed E-state index contributed by atoms with van der Waals surface area (Å²) in [6.07, 6.45) is -4.61. The summed E-state index contributed by atoms with van der Waals surface area (Å²) in [5.41, 5.74) is 0. The van der Waals surface area contributed by atoms with E-state index < -0.39 is 23.0 Å². The molecule has 0 bridgehead atoms. The van der Waals surface area contributed by atoms with Crippen molar-refractivity contribution in [1.82, 2.24) is 4.31 Å². The molecular weight excluding hydrogens is 223 g/mol. The molecule has 9 heteroatoms. The van der Waals surface area contributed by atoms with Crippen LogP contribution in [0.5, 0.6) is 0 Å². The van der Waals surface area contributed by atoms with Gasteiger partial charge in [0.25, 0.3) is 0 Å². The number of hydrogen-bond acceptors (Lipinski definition) is 3. The van der Waals surface area contributed by atoms with E-state index in [9.17, 15) is 21.6 Å². The predicted octanol–water partition coefficient (Wildman–Crippen LogP) is 0.896. The Morgan fingerprint density at radius 2 is 1.92 bits per heavy atom. The summed E-state index contributed by atoms with van der Waals surface area (Å²) in [6, 6.07) is 0. The van der Waals surface area contributed by atoms with Gasteiger partial charge < -0.3 is 0 Å². The first-order valence-corrected chi connectivity index (χ1v) is 4.19. The van der Waals surface area contributed by atoms with Crippen LogP contribution in [0.3, 0.4) is 0 Å². The van der Waals surface area contributed by atoms with Gasteiger partial charge in [0.05, 0.1) is 11.9 Å². The summed E-state index contributed by atoms with van der Waals surface area (Å²) < 4.78 is 58.9. The summed E-state index contributed by atoms with van der Waals surface area (Å²) in [6.45, 7) is -1.64. The average molecular weight is 228 g/mol. The second kappa shape index (κ2) is 3.77. The summed E-state index contributed by atoms with van der Waals surface area (Å²) in [5.74, 6) is 0. The van der Waals surface area contributed by atoms with Gasteiger partial charge in [-0.1, -0.05) is 0 Å². The zero-order valence-electron chi connectivity index (χ0n) is 5.80. The van der Waals surface area contributed by atoms with E-state index >= 15 is 0 Å². The number of alkyl halides is 3. The first-order chi connectivity index (χ1) is 5.19. The SMILES string of the molecule is CN(CC(F)(F)F)S(=O)(=O)OCl. The third-order valence-electron chi connectivity index (χ3n) is 0.863. The Morgan fingerprint density at radius 1 is 1.50 bits per heavy atom. The largest absolute Gasteiger partial charge is 0.402 e. The molecular formula is C3H5ClF3NO3S. The molecule has 4 nitrogen and oxygen atoms in total. The van der Waals surface area contributed by atoms with Crippen LogP contribution in [-0.2, 0) is 14.0 Å². The highest BCUT2D eigenvalue weighted by Gasteiger charge is 2.34. The van der Waals surface area contributed by atoms with E-state index in [0.717, 1.165) is 0 Å². The molecule has 0 radical (unpaired) electrons. The zero-order chi connectivity index (χ0) is 9.99. The number of nitrogens with zero attached hydrogens (tertiary/aromatic N) is 1. The van der Waals surface area contributed by atoms with Crippen LogP contribution < -0.4 is 0 Å². The fraction of sp³-hybridized carbons (Fsp3) is 1.00. The van der Waals surface area contributed by atoms with E-state index in [1.54, 1.807) is 0 Å².